The summed E-state index contributed by atoms with van der Waals surface area (Å²) in [6.45, 7) is 5.38. The molecule has 3 nitrogen and oxygen atoms in total. The highest BCUT2D eigenvalue weighted by molar-refractivity contribution is 6.00. The number of nitrogens with zero attached hydrogens (tertiary/aromatic N) is 2. The minimum atomic E-state index is 0.696. The monoisotopic (exact) mass is 392 g/mol. The number of benzene rings is 2. The van der Waals surface area contributed by atoms with Crippen LogP contribution >= 0.6 is 0 Å². The van der Waals surface area contributed by atoms with Gasteiger partial charge >= 0.3 is 0 Å². The Balaban J connectivity index is 1.47. The van der Waals surface area contributed by atoms with Gasteiger partial charge in [-0.05, 0) is 62.6 Å². The van der Waals surface area contributed by atoms with Crippen LogP contribution in [0.2, 0.25) is 0 Å². The van der Waals surface area contributed by atoms with Crippen LogP contribution < -0.4 is 0 Å². The Morgan fingerprint density at radius 2 is 1.76 bits per heavy atom. The van der Waals surface area contributed by atoms with Gasteiger partial charge in [0.1, 0.15) is 6.61 Å². The molecular formula is C26H36N2O. The molecule has 1 unspecified atom stereocenters. The van der Waals surface area contributed by atoms with Crippen molar-refractivity contribution >= 4 is 5.71 Å². The SMILES string of the molecule is CCC1CCCCN1CCCON=C(CCCc1ccccc1)c1ccccc1. The minimum Gasteiger partial charge on any atom is -0.396 e. The Kier molecular flexibility index (Phi) is 9.25. The molecule has 3 heteroatoms. The van der Waals surface area contributed by atoms with Crippen molar-refractivity contribution < 1.29 is 4.84 Å². The van der Waals surface area contributed by atoms with Crippen LogP contribution in [0.25, 0.3) is 0 Å². The Hall–Kier alpha value is -2.13. The molecule has 0 spiro atoms. The summed E-state index contributed by atoms with van der Waals surface area (Å²) >= 11 is 0. The molecule has 0 N–H and O–H groups in total. The fourth-order valence-electron chi connectivity index (χ4n) is 4.25. The number of aryl methyl sites for hydroxylation is 1. The molecular weight excluding hydrogens is 356 g/mol. The summed E-state index contributed by atoms with van der Waals surface area (Å²) in [6.07, 6.45) is 9.48. The maximum atomic E-state index is 5.77. The molecule has 2 aromatic rings. The summed E-state index contributed by atoms with van der Waals surface area (Å²) < 4.78 is 0. The van der Waals surface area contributed by atoms with E-state index >= 15 is 0 Å². The van der Waals surface area contributed by atoms with E-state index in [9.17, 15) is 0 Å². The zero-order valence-electron chi connectivity index (χ0n) is 17.9. The van der Waals surface area contributed by atoms with Crippen molar-refractivity contribution in [3.05, 3.63) is 71.8 Å². The highest BCUT2D eigenvalue weighted by atomic mass is 16.6. The number of oxime groups is 1. The summed E-state index contributed by atoms with van der Waals surface area (Å²) in [5, 5.41) is 4.55. The largest absolute Gasteiger partial charge is 0.396 e. The first-order valence-corrected chi connectivity index (χ1v) is 11.4. The third-order valence-corrected chi connectivity index (χ3v) is 5.90. The molecule has 1 heterocycles. The summed E-state index contributed by atoms with van der Waals surface area (Å²) in [5.74, 6) is 0. The summed E-state index contributed by atoms with van der Waals surface area (Å²) in [5.41, 5.74) is 3.61. The highest BCUT2D eigenvalue weighted by Gasteiger charge is 2.19. The minimum absolute atomic E-state index is 0.696. The average molecular weight is 393 g/mol. The topological polar surface area (TPSA) is 24.8 Å². The predicted octanol–water partition coefficient (Wildman–Crippen LogP) is 6.08. The molecule has 1 atom stereocenters. The van der Waals surface area contributed by atoms with E-state index in [1.165, 1.54) is 43.4 Å². The molecule has 1 fully saturated rings. The van der Waals surface area contributed by atoms with Gasteiger partial charge in [-0.1, -0.05) is 79.2 Å². The van der Waals surface area contributed by atoms with Crippen LogP contribution in [-0.4, -0.2) is 36.3 Å². The maximum absolute atomic E-state index is 5.77. The first-order valence-electron chi connectivity index (χ1n) is 11.4. The standard InChI is InChI=1S/C26H36N2O/c1-2-25-18-9-10-20-28(25)21-12-22-29-27-26(24-16-7-4-8-17-24)19-11-15-23-13-5-3-6-14-23/h3-8,13-14,16-17,25H,2,9-12,15,18-22H2,1H3. The van der Waals surface area contributed by atoms with Crippen molar-refractivity contribution in [3.8, 4) is 0 Å². The fraction of sp³-hybridized carbons (Fsp3) is 0.500. The second kappa shape index (κ2) is 12.4. The molecule has 0 aromatic heterocycles. The van der Waals surface area contributed by atoms with Crippen LogP contribution in [-0.2, 0) is 11.3 Å². The third-order valence-electron chi connectivity index (χ3n) is 5.90. The molecule has 1 saturated heterocycles. The molecule has 1 aliphatic rings. The lowest BCUT2D eigenvalue weighted by atomic mass is 10.00. The summed E-state index contributed by atoms with van der Waals surface area (Å²) in [4.78, 5) is 8.42. The molecule has 0 radical (unpaired) electrons. The number of piperidine rings is 1. The van der Waals surface area contributed by atoms with Crippen LogP contribution in [0.1, 0.15) is 63.0 Å². The second-order valence-corrected chi connectivity index (χ2v) is 8.02. The van der Waals surface area contributed by atoms with E-state index in [4.69, 9.17) is 4.84 Å². The van der Waals surface area contributed by atoms with E-state index in [1.54, 1.807) is 0 Å². The van der Waals surface area contributed by atoms with Gasteiger partial charge in [-0.3, -0.25) is 0 Å². The van der Waals surface area contributed by atoms with Crippen molar-refractivity contribution in [1.82, 2.24) is 4.90 Å². The number of hydrogen-bond donors (Lipinski definition) is 0. The average Bonchev–Trinajstić information content (AvgIpc) is 2.79. The van der Waals surface area contributed by atoms with E-state index in [-0.39, 0.29) is 0 Å². The highest BCUT2D eigenvalue weighted by Crippen LogP contribution is 2.19. The fourth-order valence-corrected chi connectivity index (χ4v) is 4.25. The van der Waals surface area contributed by atoms with Gasteiger partial charge in [-0.25, -0.2) is 0 Å². The van der Waals surface area contributed by atoms with Crippen molar-refractivity contribution in [2.24, 2.45) is 5.16 Å². The van der Waals surface area contributed by atoms with E-state index in [0.717, 1.165) is 44.0 Å². The molecule has 0 saturated carbocycles. The van der Waals surface area contributed by atoms with Crippen LogP contribution in [0.3, 0.4) is 0 Å². The van der Waals surface area contributed by atoms with Gasteiger partial charge in [0.05, 0.1) is 5.71 Å². The zero-order valence-corrected chi connectivity index (χ0v) is 17.9. The van der Waals surface area contributed by atoms with E-state index < -0.39 is 0 Å². The molecule has 156 valence electrons. The van der Waals surface area contributed by atoms with Crippen molar-refractivity contribution in [1.29, 1.82) is 0 Å². The van der Waals surface area contributed by atoms with Crippen LogP contribution in [0.4, 0.5) is 0 Å². The third kappa shape index (κ3) is 7.32. The number of hydrogen-bond acceptors (Lipinski definition) is 3. The molecule has 29 heavy (non-hydrogen) atoms. The van der Waals surface area contributed by atoms with Gasteiger partial charge in [-0.2, -0.15) is 0 Å². The first kappa shape index (κ1) is 21.6. The molecule has 0 aliphatic carbocycles. The summed E-state index contributed by atoms with van der Waals surface area (Å²) in [7, 11) is 0. The number of rotatable bonds is 11. The van der Waals surface area contributed by atoms with Gasteiger partial charge in [0.25, 0.3) is 0 Å². The Labute approximate surface area is 176 Å². The Morgan fingerprint density at radius 1 is 1.00 bits per heavy atom. The van der Waals surface area contributed by atoms with Crippen molar-refractivity contribution in [2.45, 2.75) is 64.3 Å². The first-order chi connectivity index (χ1) is 14.4. The summed E-state index contributed by atoms with van der Waals surface area (Å²) in [6, 6.07) is 21.9. The lowest BCUT2D eigenvalue weighted by molar-refractivity contribution is 0.102. The van der Waals surface area contributed by atoms with E-state index in [2.05, 4.69) is 77.6 Å². The maximum Gasteiger partial charge on any atom is 0.118 e. The second-order valence-electron chi connectivity index (χ2n) is 8.02. The van der Waals surface area contributed by atoms with E-state index in [0.29, 0.717) is 6.61 Å². The number of likely N-dealkylation sites (tertiary alicyclic amines) is 1. The Bertz CT molecular complexity index is 714. The quantitative estimate of drug-likeness (QED) is 0.263. The van der Waals surface area contributed by atoms with Crippen LogP contribution in [0.5, 0.6) is 0 Å². The van der Waals surface area contributed by atoms with Crippen molar-refractivity contribution in [2.75, 3.05) is 19.7 Å². The van der Waals surface area contributed by atoms with Gasteiger partial charge in [0, 0.05) is 12.6 Å². The normalized spacial score (nSPS) is 18.0. The van der Waals surface area contributed by atoms with Crippen LogP contribution in [0, 0.1) is 0 Å². The molecule has 2 aromatic carbocycles. The van der Waals surface area contributed by atoms with E-state index in [1.807, 2.05) is 0 Å². The predicted molar refractivity (Wildman–Crippen MR) is 122 cm³/mol. The van der Waals surface area contributed by atoms with Crippen LogP contribution in [0.15, 0.2) is 65.8 Å². The van der Waals surface area contributed by atoms with Gasteiger partial charge in [0.15, 0.2) is 0 Å². The zero-order chi connectivity index (χ0) is 20.2. The molecule has 0 amide bonds. The van der Waals surface area contributed by atoms with Gasteiger partial charge in [0.2, 0.25) is 0 Å². The van der Waals surface area contributed by atoms with Crippen molar-refractivity contribution in [3.63, 3.8) is 0 Å². The molecule has 3 rings (SSSR count). The molecule has 0 bridgehead atoms. The van der Waals surface area contributed by atoms with Gasteiger partial charge in [-0.15, -0.1) is 0 Å². The lowest BCUT2D eigenvalue weighted by Gasteiger charge is -2.35. The Morgan fingerprint density at radius 3 is 2.52 bits per heavy atom. The van der Waals surface area contributed by atoms with Gasteiger partial charge < -0.3 is 9.74 Å². The molecule has 1 aliphatic heterocycles. The smallest absolute Gasteiger partial charge is 0.118 e. The lowest BCUT2D eigenvalue weighted by Crippen LogP contribution is -2.39.